The Balaban J connectivity index is 4.44. The molecule has 0 aromatic rings. The lowest BCUT2D eigenvalue weighted by atomic mass is 10.1. The van der Waals surface area contributed by atoms with E-state index in [2.05, 4.69) is 81.5 Å². The summed E-state index contributed by atoms with van der Waals surface area (Å²) in [5.74, 6) is -0.925. The van der Waals surface area contributed by atoms with Gasteiger partial charge in [0.2, 0.25) is 0 Å². The highest BCUT2D eigenvalue weighted by Crippen LogP contribution is 2.14. The van der Waals surface area contributed by atoms with Crippen LogP contribution in [0.5, 0.6) is 0 Å². The number of esters is 3. The van der Waals surface area contributed by atoms with Gasteiger partial charge in [0.1, 0.15) is 13.2 Å². The fourth-order valence-corrected chi connectivity index (χ4v) is 7.06. The van der Waals surface area contributed by atoms with Gasteiger partial charge in [-0.15, -0.1) is 0 Å². The van der Waals surface area contributed by atoms with Crippen molar-refractivity contribution in [1.82, 2.24) is 0 Å². The Kier molecular flexibility index (Phi) is 47.4. The van der Waals surface area contributed by atoms with Crippen LogP contribution in [0.1, 0.15) is 252 Å². The molecule has 1 atom stereocenters. The number of ether oxygens (including phenoxy) is 3. The van der Waals surface area contributed by atoms with Crippen LogP contribution in [-0.4, -0.2) is 37.2 Å². The second-order valence-electron chi connectivity index (χ2n) is 17.1. The molecule has 6 nitrogen and oxygen atoms in total. The second kappa shape index (κ2) is 49.8. The lowest BCUT2D eigenvalue weighted by Gasteiger charge is -2.18. The molecule has 352 valence electrons. The predicted octanol–water partition coefficient (Wildman–Crippen LogP) is 16.9. The standard InChI is InChI=1S/C55H96O6/c1-4-7-10-13-16-19-22-25-27-30-33-36-39-42-45-48-54(57)60-51-52(50-59-53(56)47-44-41-38-35-32-29-24-21-18-15-12-9-6-3)61-55(58)49-46-43-40-37-34-31-28-26-23-20-17-14-11-8-5-2/h16-17,19-20,22-23,25-26,29,32,52H,4-15,18,21,24,27-28,30-31,33-51H2,1-3H3/b19-16-,20-17-,25-22-,26-23-,32-29-. The molecule has 0 aliphatic heterocycles. The predicted molar refractivity (Wildman–Crippen MR) is 261 cm³/mol. The Morgan fingerprint density at radius 2 is 0.590 bits per heavy atom. The minimum atomic E-state index is -0.790. The molecule has 0 aromatic heterocycles. The summed E-state index contributed by atoms with van der Waals surface area (Å²) in [5, 5.41) is 0. The molecule has 0 heterocycles. The summed E-state index contributed by atoms with van der Waals surface area (Å²) in [5.41, 5.74) is 0. The van der Waals surface area contributed by atoms with Crippen LogP contribution >= 0.6 is 0 Å². The third kappa shape index (κ3) is 48.0. The molecule has 61 heavy (non-hydrogen) atoms. The highest BCUT2D eigenvalue weighted by atomic mass is 16.6. The Morgan fingerprint density at radius 3 is 0.967 bits per heavy atom. The molecule has 0 aliphatic rings. The molecule has 0 spiro atoms. The van der Waals surface area contributed by atoms with Crippen molar-refractivity contribution >= 4 is 17.9 Å². The van der Waals surface area contributed by atoms with Gasteiger partial charge >= 0.3 is 17.9 Å². The van der Waals surface area contributed by atoms with Gasteiger partial charge in [-0.2, -0.15) is 0 Å². The highest BCUT2D eigenvalue weighted by molar-refractivity contribution is 5.71. The van der Waals surface area contributed by atoms with Crippen molar-refractivity contribution in [2.75, 3.05) is 13.2 Å². The molecule has 0 aliphatic carbocycles. The minimum absolute atomic E-state index is 0.0898. The molecular weight excluding hydrogens is 757 g/mol. The summed E-state index contributed by atoms with van der Waals surface area (Å²) < 4.78 is 16.8. The van der Waals surface area contributed by atoms with Gasteiger partial charge in [-0.1, -0.05) is 197 Å². The molecule has 0 bridgehead atoms. The zero-order valence-corrected chi connectivity index (χ0v) is 40.2. The largest absolute Gasteiger partial charge is 0.462 e. The van der Waals surface area contributed by atoms with E-state index in [1.807, 2.05) is 0 Å². The van der Waals surface area contributed by atoms with Gasteiger partial charge in [-0.05, 0) is 96.3 Å². The minimum Gasteiger partial charge on any atom is -0.462 e. The van der Waals surface area contributed by atoms with Gasteiger partial charge < -0.3 is 14.2 Å². The molecule has 0 fully saturated rings. The van der Waals surface area contributed by atoms with Gasteiger partial charge in [0.05, 0.1) is 0 Å². The number of carbonyl (C=O) groups excluding carboxylic acids is 3. The Morgan fingerprint density at radius 1 is 0.328 bits per heavy atom. The average Bonchev–Trinajstić information content (AvgIpc) is 3.26. The first kappa shape index (κ1) is 58.1. The summed E-state index contributed by atoms with van der Waals surface area (Å²) in [7, 11) is 0. The smallest absolute Gasteiger partial charge is 0.306 e. The fourth-order valence-electron chi connectivity index (χ4n) is 7.06. The lowest BCUT2D eigenvalue weighted by molar-refractivity contribution is -0.167. The van der Waals surface area contributed by atoms with E-state index >= 15 is 0 Å². The van der Waals surface area contributed by atoms with Crippen molar-refractivity contribution in [3.05, 3.63) is 60.8 Å². The Labute approximate surface area is 377 Å². The highest BCUT2D eigenvalue weighted by Gasteiger charge is 2.19. The maximum Gasteiger partial charge on any atom is 0.306 e. The van der Waals surface area contributed by atoms with Gasteiger partial charge in [-0.25, -0.2) is 0 Å². The molecular formula is C55H96O6. The van der Waals surface area contributed by atoms with Crippen LogP contribution in [0.15, 0.2) is 60.8 Å². The molecule has 6 heteroatoms. The Hall–Kier alpha value is -2.89. The van der Waals surface area contributed by atoms with E-state index in [1.165, 1.54) is 122 Å². The maximum absolute atomic E-state index is 12.8. The van der Waals surface area contributed by atoms with Crippen molar-refractivity contribution in [3.8, 4) is 0 Å². The van der Waals surface area contributed by atoms with Crippen molar-refractivity contribution in [2.24, 2.45) is 0 Å². The lowest BCUT2D eigenvalue weighted by Crippen LogP contribution is -2.30. The van der Waals surface area contributed by atoms with Crippen molar-refractivity contribution in [2.45, 2.75) is 258 Å². The topological polar surface area (TPSA) is 78.9 Å². The molecule has 0 aromatic carbocycles. The number of unbranched alkanes of at least 4 members (excludes halogenated alkanes) is 27. The first-order valence-electron chi connectivity index (χ1n) is 25.8. The number of rotatable bonds is 46. The third-order valence-corrected chi connectivity index (χ3v) is 11.0. The molecule has 1 unspecified atom stereocenters. The van der Waals surface area contributed by atoms with E-state index in [0.717, 1.165) is 89.9 Å². The van der Waals surface area contributed by atoms with Crippen LogP contribution in [0.2, 0.25) is 0 Å². The zero-order valence-electron chi connectivity index (χ0n) is 40.2. The SMILES string of the molecule is CCCCC/C=C\C=C/CCCCCCCCC(=O)OCC(COC(=O)CCCCC/C=C\CCCCCCCC)OC(=O)CCCCCCCC/C=C\C=C/CCCCC. The zero-order chi connectivity index (χ0) is 44.4. The number of carbonyl (C=O) groups is 3. The van der Waals surface area contributed by atoms with Gasteiger partial charge in [-0.3, -0.25) is 14.4 Å². The number of hydrogen-bond donors (Lipinski definition) is 0. The summed E-state index contributed by atoms with van der Waals surface area (Å²) in [6.45, 7) is 6.54. The molecule has 0 rings (SSSR count). The van der Waals surface area contributed by atoms with Crippen LogP contribution in [-0.2, 0) is 28.6 Å². The third-order valence-electron chi connectivity index (χ3n) is 11.0. The van der Waals surface area contributed by atoms with Crippen LogP contribution in [0.3, 0.4) is 0 Å². The van der Waals surface area contributed by atoms with Crippen molar-refractivity contribution in [3.63, 3.8) is 0 Å². The molecule has 0 N–H and O–H groups in total. The second-order valence-corrected chi connectivity index (χ2v) is 17.1. The Bertz CT molecular complexity index is 1120. The van der Waals surface area contributed by atoms with E-state index in [0.29, 0.717) is 19.3 Å². The van der Waals surface area contributed by atoms with Crippen LogP contribution in [0, 0.1) is 0 Å². The van der Waals surface area contributed by atoms with Gasteiger partial charge in [0, 0.05) is 19.3 Å². The average molecular weight is 853 g/mol. The van der Waals surface area contributed by atoms with E-state index in [-0.39, 0.29) is 31.1 Å². The van der Waals surface area contributed by atoms with E-state index in [9.17, 15) is 14.4 Å². The number of allylic oxidation sites excluding steroid dienone is 10. The van der Waals surface area contributed by atoms with E-state index in [1.54, 1.807) is 0 Å². The monoisotopic (exact) mass is 853 g/mol. The van der Waals surface area contributed by atoms with Gasteiger partial charge in [0.15, 0.2) is 6.10 Å². The fraction of sp³-hybridized carbons (Fsp3) is 0.764. The van der Waals surface area contributed by atoms with Crippen molar-refractivity contribution < 1.29 is 28.6 Å². The molecule has 0 saturated carbocycles. The summed E-state index contributed by atoms with van der Waals surface area (Å²) >= 11 is 0. The van der Waals surface area contributed by atoms with Crippen molar-refractivity contribution in [1.29, 1.82) is 0 Å². The molecule has 0 radical (unpaired) electrons. The summed E-state index contributed by atoms with van der Waals surface area (Å²) in [6, 6.07) is 0. The normalized spacial score (nSPS) is 12.5. The van der Waals surface area contributed by atoms with Crippen LogP contribution in [0.4, 0.5) is 0 Å². The molecule has 0 saturated heterocycles. The van der Waals surface area contributed by atoms with E-state index < -0.39 is 6.10 Å². The first-order valence-corrected chi connectivity index (χ1v) is 25.8. The maximum atomic E-state index is 12.8. The number of hydrogen-bond acceptors (Lipinski definition) is 6. The first-order chi connectivity index (χ1) is 30.0. The quantitative estimate of drug-likeness (QED) is 0.0200. The van der Waals surface area contributed by atoms with Gasteiger partial charge in [0.25, 0.3) is 0 Å². The summed E-state index contributed by atoms with van der Waals surface area (Å²) in [6.07, 6.45) is 60.5. The van der Waals surface area contributed by atoms with E-state index in [4.69, 9.17) is 14.2 Å². The van der Waals surface area contributed by atoms with Crippen LogP contribution < -0.4 is 0 Å². The summed E-state index contributed by atoms with van der Waals surface area (Å²) in [4.78, 5) is 37.9. The molecule has 0 amide bonds. The van der Waals surface area contributed by atoms with Crippen LogP contribution in [0.25, 0.3) is 0 Å².